The van der Waals surface area contributed by atoms with Gasteiger partial charge in [-0.3, -0.25) is 9.36 Å². The topological polar surface area (TPSA) is 80.5 Å². The van der Waals surface area contributed by atoms with Crippen LogP contribution in [0.5, 0.6) is 0 Å². The van der Waals surface area contributed by atoms with Gasteiger partial charge in [0.05, 0.1) is 12.4 Å². The van der Waals surface area contributed by atoms with Crippen LogP contribution in [0.4, 0.5) is 5.95 Å². The molecule has 8 heteroatoms. The monoisotopic (exact) mass is 302 g/mol. The molecule has 0 saturated carbocycles. The van der Waals surface area contributed by atoms with E-state index in [-0.39, 0.29) is 5.75 Å². The molecule has 114 valence electrons. The number of rotatable bonds is 9. The summed E-state index contributed by atoms with van der Waals surface area (Å²) in [5, 5.41) is 17.5. The van der Waals surface area contributed by atoms with Crippen molar-refractivity contribution < 1.29 is 14.6 Å². The van der Waals surface area contributed by atoms with Gasteiger partial charge in [-0.2, -0.15) is 0 Å². The SMILES string of the molecule is COCCN(CC(C)C)c1nnc(SCC(=O)O)n1C. The van der Waals surface area contributed by atoms with Crippen LogP contribution in [-0.2, 0) is 16.6 Å². The predicted octanol–water partition coefficient (Wildman–Crippen LogP) is 1.10. The van der Waals surface area contributed by atoms with Gasteiger partial charge in [0.15, 0.2) is 5.16 Å². The Hall–Kier alpha value is -1.28. The largest absolute Gasteiger partial charge is 0.481 e. The number of hydrogen-bond acceptors (Lipinski definition) is 6. The van der Waals surface area contributed by atoms with Crippen LogP contribution < -0.4 is 4.90 Å². The second kappa shape index (κ2) is 8.11. The summed E-state index contributed by atoms with van der Waals surface area (Å²) >= 11 is 1.17. The van der Waals surface area contributed by atoms with Crippen molar-refractivity contribution in [3.05, 3.63) is 0 Å². The van der Waals surface area contributed by atoms with Crippen molar-refractivity contribution >= 4 is 23.7 Å². The molecular weight excluding hydrogens is 280 g/mol. The van der Waals surface area contributed by atoms with Crippen molar-refractivity contribution in [2.24, 2.45) is 13.0 Å². The smallest absolute Gasteiger partial charge is 0.313 e. The maximum absolute atomic E-state index is 10.6. The van der Waals surface area contributed by atoms with Crippen LogP contribution >= 0.6 is 11.8 Å². The zero-order valence-electron chi connectivity index (χ0n) is 12.4. The summed E-state index contributed by atoms with van der Waals surface area (Å²) in [7, 11) is 3.51. The molecule has 1 N–H and O–H groups in total. The Kier molecular flexibility index (Phi) is 6.80. The van der Waals surface area contributed by atoms with Crippen LogP contribution in [0.15, 0.2) is 5.16 Å². The van der Waals surface area contributed by atoms with E-state index < -0.39 is 5.97 Å². The van der Waals surface area contributed by atoms with Crippen LogP contribution in [0.1, 0.15) is 13.8 Å². The van der Waals surface area contributed by atoms with E-state index in [4.69, 9.17) is 9.84 Å². The maximum atomic E-state index is 10.6. The molecule has 7 nitrogen and oxygen atoms in total. The van der Waals surface area contributed by atoms with E-state index in [9.17, 15) is 4.79 Å². The van der Waals surface area contributed by atoms with Gasteiger partial charge in [-0.25, -0.2) is 0 Å². The number of carbonyl (C=O) groups is 1. The Morgan fingerprint density at radius 2 is 2.20 bits per heavy atom. The molecule has 0 aromatic carbocycles. The summed E-state index contributed by atoms with van der Waals surface area (Å²) in [6, 6.07) is 0. The number of anilines is 1. The molecule has 20 heavy (non-hydrogen) atoms. The molecule has 0 bridgehead atoms. The van der Waals surface area contributed by atoms with Crippen molar-refractivity contribution in [1.82, 2.24) is 14.8 Å². The van der Waals surface area contributed by atoms with Gasteiger partial charge in [0, 0.05) is 27.2 Å². The molecule has 0 aliphatic heterocycles. The first-order valence-electron chi connectivity index (χ1n) is 6.43. The zero-order valence-corrected chi connectivity index (χ0v) is 13.2. The average molecular weight is 302 g/mol. The van der Waals surface area contributed by atoms with E-state index in [0.717, 1.165) is 19.0 Å². The van der Waals surface area contributed by atoms with Crippen LogP contribution in [0.25, 0.3) is 0 Å². The highest BCUT2D eigenvalue weighted by atomic mass is 32.2. The Labute approximate surface area is 123 Å². The number of methoxy groups -OCH3 is 1. The molecule has 0 saturated heterocycles. The molecule has 0 fully saturated rings. The van der Waals surface area contributed by atoms with Gasteiger partial charge in [0.1, 0.15) is 0 Å². The van der Waals surface area contributed by atoms with Gasteiger partial charge in [0.2, 0.25) is 5.95 Å². The highest BCUT2D eigenvalue weighted by Gasteiger charge is 2.17. The first-order valence-corrected chi connectivity index (χ1v) is 7.42. The number of thioether (sulfide) groups is 1. The van der Waals surface area contributed by atoms with Crippen LogP contribution in [0.2, 0.25) is 0 Å². The lowest BCUT2D eigenvalue weighted by Crippen LogP contribution is -2.33. The first-order chi connectivity index (χ1) is 9.45. The lowest BCUT2D eigenvalue weighted by atomic mass is 10.2. The van der Waals surface area contributed by atoms with Crippen molar-refractivity contribution in [1.29, 1.82) is 0 Å². The Bertz CT molecular complexity index is 436. The first kappa shape index (κ1) is 16.8. The molecular formula is C12H22N4O3S. The van der Waals surface area contributed by atoms with E-state index in [0.29, 0.717) is 17.7 Å². The number of aliphatic carboxylic acids is 1. The van der Waals surface area contributed by atoms with Gasteiger partial charge in [0.25, 0.3) is 0 Å². The van der Waals surface area contributed by atoms with E-state index in [2.05, 4.69) is 28.9 Å². The fourth-order valence-electron chi connectivity index (χ4n) is 1.75. The molecule has 1 heterocycles. The molecule has 0 spiro atoms. The zero-order chi connectivity index (χ0) is 15.1. The standard InChI is InChI=1S/C12H22N4O3S/c1-9(2)7-16(5-6-19-4)11-13-14-12(15(11)3)20-8-10(17)18/h9H,5-8H2,1-4H3,(H,17,18). The Morgan fingerprint density at radius 1 is 1.50 bits per heavy atom. The third-order valence-corrected chi connectivity index (χ3v) is 3.58. The summed E-state index contributed by atoms with van der Waals surface area (Å²) < 4.78 is 6.94. The molecule has 0 atom stereocenters. The van der Waals surface area contributed by atoms with Crippen molar-refractivity contribution in [3.8, 4) is 0 Å². The minimum atomic E-state index is -0.863. The van der Waals surface area contributed by atoms with Crippen molar-refractivity contribution in [2.45, 2.75) is 19.0 Å². The van der Waals surface area contributed by atoms with E-state index in [1.54, 1.807) is 7.11 Å². The number of ether oxygens (including phenoxy) is 1. The number of carboxylic acids is 1. The lowest BCUT2D eigenvalue weighted by Gasteiger charge is -2.24. The fraction of sp³-hybridized carbons (Fsp3) is 0.750. The third kappa shape index (κ3) is 5.01. The molecule has 0 aliphatic rings. The molecule has 0 radical (unpaired) electrons. The number of aromatic nitrogens is 3. The summed E-state index contributed by atoms with van der Waals surface area (Å²) in [4.78, 5) is 12.7. The minimum absolute atomic E-state index is 0.0196. The Morgan fingerprint density at radius 3 is 2.75 bits per heavy atom. The predicted molar refractivity (Wildman–Crippen MR) is 78.3 cm³/mol. The summed E-state index contributed by atoms with van der Waals surface area (Å²) in [5.41, 5.74) is 0. The normalized spacial score (nSPS) is 11.1. The Balaban J connectivity index is 2.82. The molecule has 1 aromatic rings. The third-order valence-electron chi connectivity index (χ3n) is 2.57. The van der Waals surface area contributed by atoms with Crippen LogP contribution in [0.3, 0.4) is 0 Å². The molecule has 0 aliphatic carbocycles. The van der Waals surface area contributed by atoms with E-state index >= 15 is 0 Å². The summed E-state index contributed by atoms with van der Waals surface area (Å²) in [6.07, 6.45) is 0. The minimum Gasteiger partial charge on any atom is -0.481 e. The van der Waals surface area contributed by atoms with E-state index in [1.165, 1.54) is 11.8 Å². The maximum Gasteiger partial charge on any atom is 0.313 e. The second-order valence-corrected chi connectivity index (χ2v) is 5.80. The molecule has 1 rings (SSSR count). The number of nitrogens with zero attached hydrogens (tertiary/aromatic N) is 4. The second-order valence-electron chi connectivity index (χ2n) is 4.86. The average Bonchev–Trinajstić information content (AvgIpc) is 2.73. The van der Waals surface area contributed by atoms with Gasteiger partial charge in [-0.15, -0.1) is 10.2 Å². The summed E-state index contributed by atoms with van der Waals surface area (Å²) in [5.74, 6) is 0.342. The lowest BCUT2D eigenvalue weighted by molar-refractivity contribution is -0.133. The van der Waals surface area contributed by atoms with Crippen LogP contribution in [-0.4, -0.2) is 58.4 Å². The van der Waals surface area contributed by atoms with Crippen molar-refractivity contribution in [2.75, 3.05) is 37.5 Å². The molecule has 1 aromatic heterocycles. The van der Waals surface area contributed by atoms with Gasteiger partial charge in [-0.1, -0.05) is 25.6 Å². The number of carboxylic acid groups (broad SMARTS) is 1. The van der Waals surface area contributed by atoms with Gasteiger partial charge >= 0.3 is 5.97 Å². The fourth-order valence-corrected chi connectivity index (χ4v) is 2.38. The van der Waals surface area contributed by atoms with E-state index in [1.807, 2.05) is 11.6 Å². The molecule has 0 amide bonds. The number of hydrogen-bond donors (Lipinski definition) is 1. The summed E-state index contributed by atoms with van der Waals surface area (Å²) in [6.45, 7) is 6.45. The van der Waals surface area contributed by atoms with Gasteiger partial charge < -0.3 is 14.7 Å². The highest BCUT2D eigenvalue weighted by molar-refractivity contribution is 7.99. The quantitative estimate of drug-likeness (QED) is 0.684. The highest BCUT2D eigenvalue weighted by Crippen LogP contribution is 2.20. The molecule has 0 unspecified atom stereocenters. The van der Waals surface area contributed by atoms with Crippen LogP contribution in [0, 0.1) is 5.92 Å². The van der Waals surface area contributed by atoms with Crippen molar-refractivity contribution in [3.63, 3.8) is 0 Å². The van der Waals surface area contributed by atoms with Gasteiger partial charge in [-0.05, 0) is 5.92 Å².